The quantitative estimate of drug-likeness (QED) is 0.794. The van der Waals surface area contributed by atoms with E-state index in [0.717, 1.165) is 25.1 Å². The number of hydrogen-bond acceptors (Lipinski definition) is 3. The molecule has 1 fully saturated rings. The van der Waals surface area contributed by atoms with Crippen LogP contribution in [0.1, 0.15) is 49.8 Å². The normalized spacial score (nSPS) is 17.0. The van der Waals surface area contributed by atoms with Gasteiger partial charge in [0.1, 0.15) is 0 Å². The highest BCUT2D eigenvalue weighted by atomic mass is 16.2. The first-order chi connectivity index (χ1) is 12.2. The van der Waals surface area contributed by atoms with Gasteiger partial charge in [-0.05, 0) is 18.4 Å². The van der Waals surface area contributed by atoms with Crippen LogP contribution in [-0.4, -0.2) is 27.5 Å². The van der Waals surface area contributed by atoms with Gasteiger partial charge in [-0.25, -0.2) is 4.98 Å². The zero-order valence-corrected chi connectivity index (χ0v) is 14.7. The van der Waals surface area contributed by atoms with Crippen molar-refractivity contribution in [2.45, 2.75) is 63.6 Å². The van der Waals surface area contributed by atoms with Gasteiger partial charge in [-0.3, -0.25) is 4.79 Å². The van der Waals surface area contributed by atoms with E-state index in [1.165, 1.54) is 31.2 Å². The molecule has 1 aliphatic rings. The molecule has 1 aromatic carbocycles. The SMILES string of the molecule is N[C@@H](Cc1cn(Cc2ccccc2)cn1)C(=O)NC1CCCCCC1. The molecule has 1 saturated carbocycles. The number of carbonyl (C=O) groups excluding carboxylic acids is 1. The molecule has 1 aliphatic carbocycles. The Balaban J connectivity index is 1.50. The molecular weight excluding hydrogens is 312 g/mol. The maximum Gasteiger partial charge on any atom is 0.237 e. The van der Waals surface area contributed by atoms with Gasteiger partial charge in [-0.2, -0.15) is 0 Å². The first-order valence-electron chi connectivity index (χ1n) is 9.31. The van der Waals surface area contributed by atoms with Crippen molar-refractivity contribution in [3.05, 3.63) is 54.1 Å². The first-order valence-corrected chi connectivity index (χ1v) is 9.31. The molecule has 1 heterocycles. The second-order valence-corrected chi connectivity index (χ2v) is 7.03. The monoisotopic (exact) mass is 340 g/mol. The minimum absolute atomic E-state index is 0.0514. The molecule has 25 heavy (non-hydrogen) atoms. The molecule has 0 unspecified atom stereocenters. The molecule has 5 heteroatoms. The molecule has 2 aromatic rings. The smallest absolute Gasteiger partial charge is 0.237 e. The van der Waals surface area contributed by atoms with Crippen LogP contribution in [0.2, 0.25) is 0 Å². The molecule has 3 rings (SSSR count). The molecule has 3 N–H and O–H groups in total. The van der Waals surface area contributed by atoms with Gasteiger partial charge in [0, 0.05) is 25.2 Å². The largest absolute Gasteiger partial charge is 0.352 e. The topological polar surface area (TPSA) is 72.9 Å². The lowest BCUT2D eigenvalue weighted by molar-refractivity contribution is -0.123. The van der Waals surface area contributed by atoms with Crippen molar-refractivity contribution in [2.24, 2.45) is 5.73 Å². The molecule has 0 spiro atoms. The van der Waals surface area contributed by atoms with E-state index in [9.17, 15) is 4.79 Å². The van der Waals surface area contributed by atoms with Gasteiger partial charge < -0.3 is 15.6 Å². The number of amides is 1. The molecule has 0 saturated heterocycles. The van der Waals surface area contributed by atoms with Crippen LogP contribution in [-0.2, 0) is 17.8 Å². The van der Waals surface area contributed by atoms with Crippen LogP contribution in [0.25, 0.3) is 0 Å². The number of carbonyl (C=O) groups is 1. The van der Waals surface area contributed by atoms with Crippen LogP contribution in [0.4, 0.5) is 0 Å². The Bertz CT molecular complexity index is 659. The lowest BCUT2D eigenvalue weighted by Crippen LogP contribution is -2.46. The Hall–Kier alpha value is -2.14. The number of hydrogen-bond donors (Lipinski definition) is 2. The van der Waals surface area contributed by atoms with Gasteiger partial charge >= 0.3 is 0 Å². The second-order valence-electron chi connectivity index (χ2n) is 7.03. The number of imidazole rings is 1. The Kier molecular flexibility index (Phi) is 6.23. The lowest BCUT2D eigenvalue weighted by Gasteiger charge is -2.19. The van der Waals surface area contributed by atoms with E-state index in [2.05, 4.69) is 22.4 Å². The highest BCUT2D eigenvalue weighted by molar-refractivity contribution is 5.82. The predicted molar refractivity (Wildman–Crippen MR) is 99.1 cm³/mol. The third-order valence-electron chi connectivity index (χ3n) is 4.86. The summed E-state index contributed by atoms with van der Waals surface area (Å²) >= 11 is 0. The van der Waals surface area contributed by atoms with Gasteiger partial charge in [-0.1, -0.05) is 56.0 Å². The zero-order valence-electron chi connectivity index (χ0n) is 14.7. The maximum atomic E-state index is 12.4. The summed E-state index contributed by atoms with van der Waals surface area (Å²) < 4.78 is 2.03. The van der Waals surface area contributed by atoms with Crippen molar-refractivity contribution >= 4 is 5.91 Å². The Morgan fingerprint density at radius 1 is 1.20 bits per heavy atom. The predicted octanol–water partition coefficient (Wildman–Crippen LogP) is 2.64. The summed E-state index contributed by atoms with van der Waals surface area (Å²) in [7, 11) is 0. The standard InChI is InChI=1S/C20H28N4O/c21-19(20(25)23-17-10-6-1-2-7-11-17)12-18-14-24(15-22-18)13-16-8-4-3-5-9-16/h3-5,8-9,14-15,17,19H,1-2,6-7,10-13,21H2,(H,23,25)/t19-/m0/s1. The van der Waals surface area contributed by atoms with Gasteiger partial charge in [-0.15, -0.1) is 0 Å². The summed E-state index contributed by atoms with van der Waals surface area (Å²) in [6.07, 6.45) is 11.3. The van der Waals surface area contributed by atoms with Gasteiger partial charge in [0.05, 0.1) is 18.1 Å². The fourth-order valence-corrected chi connectivity index (χ4v) is 3.44. The number of aromatic nitrogens is 2. The summed E-state index contributed by atoms with van der Waals surface area (Å²) in [6, 6.07) is 9.99. The fraction of sp³-hybridized carbons (Fsp3) is 0.500. The summed E-state index contributed by atoms with van der Waals surface area (Å²) in [5.41, 5.74) is 8.19. The Morgan fingerprint density at radius 2 is 1.92 bits per heavy atom. The van der Waals surface area contributed by atoms with E-state index < -0.39 is 6.04 Å². The molecule has 5 nitrogen and oxygen atoms in total. The lowest BCUT2D eigenvalue weighted by atomic mass is 10.1. The highest BCUT2D eigenvalue weighted by Crippen LogP contribution is 2.17. The first kappa shape index (κ1) is 17.7. The third-order valence-corrected chi connectivity index (χ3v) is 4.86. The summed E-state index contributed by atoms with van der Waals surface area (Å²) in [5, 5.41) is 3.13. The molecule has 1 aromatic heterocycles. The molecule has 0 radical (unpaired) electrons. The molecule has 0 bridgehead atoms. The van der Waals surface area contributed by atoms with Crippen molar-refractivity contribution in [2.75, 3.05) is 0 Å². The van der Waals surface area contributed by atoms with Crippen molar-refractivity contribution in [3.8, 4) is 0 Å². The van der Waals surface area contributed by atoms with Gasteiger partial charge in [0.2, 0.25) is 5.91 Å². The minimum Gasteiger partial charge on any atom is -0.352 e. The van der Waals surface area contributed by atoms with Crippen molar-refractivity contribution in [1.82, 2.24) is 14.9 Å². The molecular formula is C20H28N4O. The van der Waals surface area contributed by atoms with Crippen LogP contribution in [0, 0.1) is 0 Å². The van der Waals surface area contributed by atoms with E-state index in [-0.39, 0.29) is 11.9 Å². The van der Waals surface area contributed by atoms with E-state index in [1.807, 2.05) is 29.0 Å². The van der Waals surface area contributed by atoms with Crippen molar-refractivity contribution in [1.29, 1.82) is 0 Å². The minimum atomic E-state index is -0.539. The van der Waals surface area contributed by atoms with E-state index in [0.29, 0.717) is 6.42 Å². The number of benzene rings is 1. The van der Waals surface area contributed by atoms with E-state index in [4.69, 9.17) is 5.73 Å². The number of rotatable bonds is 6. The molecule has 134 valence electrons. The van der Waals surface area contributed by atoms with Crippen molar-refractivity contribution in [3.63, 3.8) is 0 Å². The fourth-order valence-electron chi connectivity index (χ4n) is 3.44. The van der Waals surface area contributed by atoms with Crippen LogP contribution < -0.4 is 11.1 Å². The van der Waals surface area contributed by atoms with Gasteiger partial charge in [0.15, 0.2) is 0 Å². The maximum absolute atomic E-state index is 12.4. The van der Waals surface area contributed by atoms with Crippen LogP contribution in [0.3, 0.4) is 0 Å². The molecule has 0 aliphatic heterocycles. The Labute approximate surface area is 149 Å². The average molecular weight is 340 g/mol. The third kappa shape index (κ3) is 5.43. The second kappa shape index (κ2) is 8.81. The van der Waals surface area contributed by atoms with Crippen LogP contribution in [0.5, 0.6) is 0 Å². The van der Waals surface area contributed by atoms with Gasteiger partial charge in [0.25, 0.3) is 0 Å². The van der Waals surface area contributed by atoms with E-state index in [1.54, 1.807) is 6.33 Å². The van der Waals surface area contributed by atoms with E-state index >= 15 is 0 Å². The van der Waals surface area contributed by atoms with Crippen LogP contribution in [0.15, 0.2) is 42.9 Å². The molecule has 1 amide bonds. The number of nitrogens with one attached hydrogen (secondary N) is 1. The average Bonchev–Trinajstić information content (AvgIpc) is 2.89. The molecule has 1 atom stereocenters. The Morgan fingerprint density at radius 3 is 2.64 bits per heavy atom. The summed E-state index contributed by atoms with van der Waals surface area (Å²) in [4.78, 5) is 16.8. The summed E-state index contributed by atoms with van der Waals surface area (Å²) in [5.74, 6) is -0.0514. The van der Waals surface area contributed by atoms with Crippen LogP contribution >= 0.6 is 0 Å². The highest BCUT2D eigenvalue weighted by Gasteiger charge is 2.20. The number of nitrogens with zero attached hydrogens (tertiary/aromatic N) is 2. The zero-order chi connectivity index (χ0) is 17.5. The summed E-state index contributed by atoms with van der Waals surface area (Å²) in [6.45, 7) is 0.775. The van der Waals surface area contributed by atoms with Crippen molar-refractivity contribution < 1.29 is 4.79 Å². The number of nitrogens with two attached hydrogens (primary N) is 1.